The van der Waals surface area contributed by atoms with E-state index in [0.29, 0.717) is 22.8 Å². The first-order valence-corrected chi connectivity index (χ1v) is 13.1. The van der Waals surface area contributed by atoms with Crippen LogP contribution in [0.15, 0.2) is 90.3 Å². The number of hydrogen-bond acceptors (Lipinski definition) is 7. The number of amides is 1. The average Bonchev–Trinajstić information content (AvgIpc) is 2.95. The maximum atomic E-state index is 11.8. The number of anilines is 1. The number of aliphatic hydroxyl groups excluding tert-OH is 1. The van der Waals surface area contributed by atoms with Gasteiger partial charge in [0.05, 0.1) is 24.4 Å². The summed E-state index contributed by atoms with van der Waals surface area (Å²) in [5.74, 6) is -0.438. The van der Waals surface area contributed by atoms with Crippen molar-refractivity contribution in [3.8, 4) is 0 Å². The molecule has 1 aliphatic heterocycles. The number of hydrogen-bond donors (Lipinski definition) is 3. The van der Waals surface area contributed by atoms with E-state index >= 15 is 0 Å². The number of thioether (sulfide) groups is 1. The minimum atomic E-state index is -0.970. The summed E-state index contributed by atoms with van der Waals surface area (Å²) < 4.78 is 17.6. The predicted octanol–water partition coefficient (Wildman–Crippen LogP) is 5.95. The van der Waals surface area contributed by atoms with Gasteiger partial charge in [0, 0.05) is 28.3 Å². The number of carbonyl (C=O) groups is 2. The Bertz CT molecular complexity index is 1250. The van der Waals surface area contributed by atoms with Gasteiger partial charge in [-0.25, -0.2) is 9.59 Å². The highest BCUT2D eigenvalue weighted by molar-refractivity contribution is 7.99. The van der Waals surface area contributed by atoms with Crippen molar-refractivity contribution >= 4 is 29.5 Å². The van der Waals surface area contributed by atoms with E-state index in [1.807, 2.05) is 42.5 Å². The summed E-state index contributed by atoms with van der Waals surface area (Å²) in [4.78, 5) is 24.1. The van der Waals surface area contributed by atoms with E-state index in [0.717, 1.165) is 16.7 Å². The SMILES string of the molecule is C=CCOC(=O)Nc1ccc([C@H]2O[C@@H](CSc3ccccc3C(=O)O)C[C@@H](c3ccc(CO)cc3)O2)cc1. The summed E-state index contributed by atoms with van der Waals surface area (Å²) in [7, 11) is 0. The Labute approximate surface area is 225 Å². The van der Waals surface area contributed by atoms with Crippen molar-refractivity contribution in [2.45, 2.75) is 36.4 Å². The van der Waals surface area contributed by atoms with Crippen LogP contribution in [0.25, 0.3) is 0 Å². The molecule has 3 aromatic carbocycles. The van der Waals surface area contributed by atoms with Gasteiger partial charge < -0.3 is 24.4 Å². The second-order valence-corrected chi connectivity index (χ2v) is 9.66. The van der Waals surface area contributed by atoms with E-state index in [1.165, 1.54) is 17.8 Å². The molecule has 3 atom stereocenters. The molecule has 1 saturated heterocycles. The molecule has 0 unspecified atom stereocenters. The Hall–Kier alpha value is -3.63. The van der Waals surface area contributed by atoms with Gasteiger partial charge in [0.2, 0.25) is 0 Å². The Morgan fingerprint density at radius 3 is 2.42 bits per heavy atom. The van der Waals surface area contributed by atoms with E-state index in [-0.39, 0.29) is 31.0 Å². The van der Waals surface area contributed by atoms with Crippen LogP contribution in [0.5, 0.6) is 0 Å². The lowest BCUT2D eigenvalue weighted by Gasteiger charge is -2.36. The lowest BCUT2D eigenvalue weighted by atomic mass is 10.0. The van der Waals surface area contributed by atoms with Gasteiger partial charge in [-0.3, -0.25) is 5.32 Å². The Morgan fingerprint density at radius 1 is 1.03 bits per heavy atom. The Balaban J connectivity index is 1.51. The number of rotatable bonds is 10. The van der Waals surface area contributed by atoms with Crippen molar-refractivity contribution < 1.29 is 34.0 Å². The number of aromatic carboxylic acids is 1. The van der Waals surface area contributed by atoms with E-state index in [4.69, 9.17) is 14.2 Å². The van der Waals surface area contributed by atoms with Crippen molar-refractivity contribution in [3.05, 3.63) is 108 Å². The summed E-state index contributed by atoms with van der Waals surface area (Å²) in [6, 6.07) is 21.6. The predicted molar refractivity (Wildman–Crippen MR) is 144 cm³/mol. The van der Waals surface area contributed by atoms with Crippen molar-refractivity contribution in [1.29, 1.82) is 0 Å². The van der Waals surface area contributed by atoms with Crippen molar-refractivity contribution in [3.63, 3.8) is 0 Å². The number of carboxylic acid groups (broad SMARTS) is 1. The highest BCUT2D eigenvalue weighted by atomic mass is 32.2. The van der Waals surface area contributed by atoms with Gasteiger partial charge in [-0.15, -0.1) is 11.8 Å². The molecule has 1 fully saturated rings. The van der Waals surface area contributed by atoms with Crippen molar-refractivity contribution in [1.82, 2.24) is 0 Å². The van der Waals surface area contributed by atoms with E-state index < -0.39 is 18.4 Å². The quantitative estimate of drug-likeness (QED) is 0.216. The van der Waals surface area contributed by atoms with Gasteiger partial charge in [-0.1, -0.05) is 61.2 Å². The van der Waals surface area contributed by atoms with E-state index in [9.17, 15) is 19.8 Å². The van der Waals surface area contributed by atoms with Crippen molar-refractivity contribution in [2.75, 3.05) is 17.7 Å². The minimum Gasteiger partial charge on any atom is -0.478 e. The van der Waals surface area contributed by atoms with Gasteiger partial charge in [-0.2, -0.15) is 0 Å². The standard InChI is InChI=1S/C29H29NO7S/c1-2-15-35-29(34)30-22-13-11-21(12-14-22)28-36-23(18-38-26-6-4-3-5-24(26)27(32)33)16-25(37-28)20-9-7-19(17-31)8-10-20/h2-14,23,25,28,31H,1,15-18H2,(H,30,34)(H,32,33)/t23-,25+,28+/m1/s1. The first-order chi connectivity index (χ1) is 18.5. The van der Waals surface area contributed by atoms with Crippen LogP contribution in [-0.2, 0) is 20.8 Å². The molecule has 38 heavy (non-hydrogen) atoms. The molecule has 0 aliphatic carbocycles. The summed E-state index contributed by atoms with van der Waals surface area (Å²) in [5.41, 5.74) is 3.36. The normalized spacial score (nSPS) is 18.9. The number of carboxylic acids is 1. The molecule has 198 valence electrons. The molecule has 4 rings (SSSR count). The lowest BCUT2D eigenvalue weighted by Crippen LogP contribution is -2.31. The van der Waals surface area contributed by atoms with Crippen LogP contribution in [0, 0.1) is 0 Å². The number of benzene rings is 3. The fourth-order valence-corrected chi connectivity index (χ4v) is 5.05. The summed E-state index contributed by atoms with van der Waals surface area (Å²) in [5, 5.41) is 21.6. The molecule has 0 spiro atoms. The van der Waals surface area contributed by atoms with E-state index in [1.54, 1.807) is 30.3 Å². The van der Waals surface area contributed by atoms with E-state index in [2.05, 4.69) is 11.9 Å². The molecule has 3 aromatic rings. The molecule has 8 nitrogen and oxygen atoms in total. The third-order valence-electron chi connectivity index (χ3n) is 5.92. The fourth-order valence-electron chi connectivity index (χ4n) is 3.99. The number of aliphatic hydroxyl groups is 1. The Morgan fingerprint density at radius 2 is 1.74 bits per heavy atom. The second-order valence-electron chi connectivity index (χ2n) is 8.60. The van der Waals surface area contributed by atoms with Crippen LogP contribution < -0.4 is 5.32 Å². The zero-order chi connectivity index (χ0) is 26.9. The molecular formula is C29H29NO7S. The van der Waals surface area contributed by atoms with Gasteiger partial charge >= 0.3 is 12.1 Å². The zero-order valence-corrected chi connectivity index (χ0v) is 21.4. The smallest absolute Gasteiger partial charge is 0.411 e. The number of carbonyl (C=O) groups excluding carboxylic acids is 1. The molecule has 1 aliphatic rings. The van der Waals surface area contributed by atoms with Crippen molar-refractivity contribution in [2.24, 2.45) is 0 Å². The molecule has 0 saturated carbocycles. The van der Waals surface area contributed by atoms with Crippen LogP contribution in [0.2, 0.25) is 0 Å². The zero-order valence-electron chi connectivity index (χ0n) is 20.6. The van der Waals surface area contributed by atoms with Crippen LogP contribution >= 0.6 is 11.8 Å². The lowest BCUT2D eigenvalue weighted by molar-refractivity contribution is -0.245. The molecule has 0 bridgehead atoms. The molecule has 0 radical (unpaired) electrons. The van der Waals surface area contributed by atoms with Crippen LogP contribution in [-0.4, -0.2) is 40.7 Å². The van der Waals surface area contributed by atoms with Crippen LogP contribution in [0.1, 0.15) is 45.9 Å². The van der Waals surface area contributed by atoms with Crippen LogP contribution in [0.3, 0.4) is 0 Å². The topological polar surface area (TPSA) is 114 Å². The third-order valence-corrected chi connectivity index (χ3v) is 7.12. The minimum absolute atomic E-state index is 0.0404. The highest BCUT2D eigenvalue weighted by Crippen LogP contribution is 2.40. The highest BCUT2D eigenvalue weighted by Gasteiger charge is 2.32. The van der Waals surface area contributed by atoms with Crippen LogP contribution in [0.4, 0.5) is 10.5 Å². The summed E-state index contributed by atoms with van der Waals surface area (Å²) in [6.45, 7) is 3.59. The fraction of sp³-hybridized carbons (Fsp3) is 0.241. The Kier molecular flexibility index (Phi) is 9.56. The first-order valence-electron chi connectivity index (χ1n) is 12.1. The molecule has 3 N–H and O–H groups in total. The molecule has 1 amide bonds. The maximum absolute atomic E-state index is 11.8. The summed E-state index contributed by atoms with van der Waals surface area (Å²) >= 11 is 1.44. The largest absolute Gasteiger partial charge is 0.478 e. The molecule has 0 aromatic heterocycles. The maximum Gasteiger partial charge on any atom is 0.411 e. The number of nitrogens with one attached hydrogen (secondary N) is 1. The monoisotopic (exact) mass is 535 g/mol. The molecular weight excluding hydrogens is 506 g/mol. The summed E-state index contributed by atoms with van der Waals surface area (Å²) in [6.07, 6.45) is 0.319. The number of ether oxygens (including phenoxy) is 3. The van der Waals surface area contributed by atoms with Gasteiger partial charge in [0.1, 0.15) is 6.61 Å². The van der Waals surface area contributed by atoms with Gasteiger partial charge in [0.25, 0.3) is 0 Å². The first kappa shape index (κ1) is 27.4. The molecule has 1 heterocycles. The van der Waals surface area contributed by atoms with Gasteiger partial charge in [-0.05, 0) is 35.4 Å². The average molecular weight is 536 g/mol. The second kappa shape index (κ2) is 13.3. The third kappa shape index (κ3) is 7.23. The molecule has 9 heteroatoms. The van der Waals surface area contributed by atoms with Gasteiger partial charge in [0.15, 0.2) is 6.29 Å².